The molecule has 2 aromatic rings. The van der Waals surface area contributed by atoms with Gasteiger partial charge in [-0.15, -0.1) is 0 Å². The minimum absolute atomic E-state index is 0.499. The van der Waals surface area contributed by atoms with Gasteiger partial charge in [0.1, 0.15) is 12.1 Å². The Kier molecular flexibility index (Phi) is 5.09. The van der Waals surface area contributed by atoms with Crippen LogP contribution in [-0.4, -0.2) is 40.1 Å². The lowest BCUT2D eigenvalue weighted by atomic mass is 10.1. The number of rotatable bonds is 7. The van der Waals surface area contributed by atoms with Crippen LogP contribution in [0.2, 0.25) is 0 Å². The van der Waals surface area contributed by atoms with Gasteiger partial charge in [-0.05, 0) is 17.7 Å². The van der Waals surface area contributed by atoms with Crippen molar-refractivity contribution in [1.82, 2.24) is 20.1 Å². The first-order valence-corrected chi connectivity index (χ1v) is 6.56. The quantitative estimate of drug-likeness (QED) is 0.728. The molecule has 2 N–H and O–H groups in total. The summed E-state index contributed by atoms with van der Waals surface area (Å²) in [5.74, 6) is 1.59. The molecule has 0 fully saturated rings. The zero-order valence-corrected chi connectivity index (χ0v) is 11.8. The van der Waals surface area contributed by atoms with Crippen molar-refractivity contribution in [3.8, 4) is 5.75 Å². The van der Waals surface area contributed by atoms with Gasteiger partial charge in [0.25, 0.3) is 0 Å². The molecule has 0 saturated carbocycles. The molecule has 0 aliphatic heterocycles. The highest BCUT2D eigenvalue weighted by atomic mass is 16.5. The Morgan fingerprint density at radius 1 is 1.35 bits per heavy atom. The zero-order chi connectivity index (χ0) is 14.4. The fourth-order valence-electron chi connectivity index (χ4n) is 1.88. The minimum Gasteiger partial charge on any atom is -0.497 e. The maximum Gasteiger partial charge on any atom is 0.151 e. The number of methoxy groups -OCH3 is 1. The van der Waals surface area contributed by atoms with Gasteiger partial charge < -0.3 is 15.2 Å². The number of aliphatic hydroxyl groups excluding tert-OH is 1. The zero-order valence-electron chi connectivity index (χ0n) is 11.8. The molecule has 6 heteroatoms. The van der Waals surface area contributed by atoms with E-state index in [1.165, 1.54) is 0 Å². The summed E-state index contributed by atoms with van der Waals surface area (Å²) in [5.41, 5.74) is 0.870. The van der Waals surface area contributed by atoms with Gasteiger partial charge >= 0.3 is 0 Å². The fraction of sp³-hybridized carbons (Fsp3) is 0.429. The van der Waals surface area contributed by atoms with Crippen LogP contribution >= 0.6 is 0 Å². The Labute approximate surface area is 118 Å². The van der Waals surface area contributed by atoms with E-state index in [-0.39, 0.29) is 0 Å². The van der Waals surface area contributed by atoms with Gasteiger partial charge in [0, 0.05) is 26.6 Å². The van der Waals surface area contributed by atoms with Gasteiger partial charge in [-0.2, -0.15) is 5.10 Å². The Morgan fingerprint density at radius 3 is 2.70 bits per heavy atom. The lowest BCUT2D eigenvalue weighted by Gasteiger charge is -2.12. The molecule has 1 atom stereocenters. The number of benzene rings is 1. The lowest BCUT2D eigenvalue weighted by Crippen LogP contribution is -2.24. The summed E-state index contributed by atoms with van der Waals surface area (Å²) in [6, 6.07) is 7.42. The standard InChI is InChI=1S/C14H20N4O2/c1-18-10-16-14(17-18)7-8-15-9-13(19)11-3-5-12(20-2)6-4-11/h3-6,10,13,15,19H,7-9H2,1-2H3. The predicted molar refractivity (Wildman–Crippen MR) is 75.5 cm³/mol. The van der Waals surface area contributed by atoms with Gasteiger partial charge in [-0.3, -0.25) is 4.68 Å². The second-order valence-corrected chi connectivity index (χ2v) is 4.58. The molecule has 6 nitrogen and oxygen atoms in total. The van der Waals surface area contributed by atoms with Crippen molar-refractivity contribution in [2.24, 2.45) is 7.05 Å². The number of aliphatic hydroxyl groups is 1. The smallest absolute Gasteiger partial charge is 0.151 e. The number of ether oxygens (including phenoxy) is 1. The van der Waals surface area contributed by atoms with Gasteiger partial charge in [0.2, 0.25) is 0 Å². The average Bonchev–Trinajstić information content (AvgIpc) is 2.89. The maximum absolute atomic E-state index is 10.0. The van der Waals surface area contributed by atoms with Crippen LogP contribution in [0.3, 0.4) is 0 Å². The van der Waals surface area contributed by atoms with Crippen LogP contribution in [0.15, 0.2) is 30.6 Å². The molecule has 0 saturated heterocycles. The molecular weight excluding hydrogens is 256 g/mol. The molecule has 0 amide bonds. The van der Waals surface area contributed by atoms with Crippen LogP contribution in [0.25, 0.3) is 0 Å². The Bertz CT molecular complexity index is 524. The molecule has 0 radical (unpaired) electrons. The van der Waals surface area contributed by atoms with Gasteiger partial charge in [0.15, 0.2) is 5.82 Å². The third-order valence-electron chi connectivity index (χ3n) is 3.01. The SMILES string of the molecule is COc1ccc(C(O)CNCCc2ncn(C)n2)cc1. The molecule has 1 aromatic carbocycles. The summed E-state index contributed by atoms with van der Waals surface area (Å²) >= 11 is 0. The lowest BCUT2D eigenvalue weighted by molar-refractivity contribution is 0.175. The van der Waals surface area contributed by atoms with Crippen molar-refractivity contribution in [3.05, 3.63) is 42.0 Å². The molecule has 2 rings (SSSR count). The molecule has 108 valence electrons. The molecular formula is C14H20N4O2. The molecule has 1 unspecified atom stereocenters. The Balaban J connectivity index is 1.72. The highest BCUT2D eigenvalue weighted by molar-refractivity contribution is 5.28. The van der Waals surface area contributed by atoms with E-state index >= 15 is 0 Å². The van der Waals surface area contributed by atoms with Gasteiger partial charge in [-0.25, -0.2) is 4.98 Å². The number of hydrogen-bond acceptors (Lipinski definition) is 5. The number of nitrogens with zero attached hydrogens (tertiary/aromatic N) is 3. The van der Waals surface area contributed by atoms with Crippen LogP contribution in [-0.2, 0) is 13.5 Å². The monoisotopic (exact) mass is 276 g/mol. The molecule has 0 aliphatic carbocycles. The minimum atomic E-state index is -0.530. The van der Waals surface area contributed by atoms with E-state index in [1.54, 1.807) is 18.1 Å². The number of aryl methyl sites for hydroxylation is 1. The van der Waals surface area contributed by atoms with Gasteiger partial charge in [0.05, 0.1) is 13.2 Å². The summed E-state index contributed by atoms with van der Waals surface area (Å²) < 4.78 is 6.77. The average molecular weight is 276 g/mol. The van der Waals surface area contributed by atoms with Crippen molar-refractivity contribution >= 4 is 0 Å². The summed E-state index contributed by atoms with van der Waals surface area (Å²) in [6.45, 7) is 1.23. The Hall–Kier alpha value is -1.92. The highest BCUT2D eigenvalue weighted by Gasteiger charge is 2.07. The van der Waals surface area contributed by atoms with E-state index in [9.17, 15) is 5.11 Å². The van der Waals surface area contributed by atoms with E-state index in [1.807, 2.05) is 31.3 Å². The van der Waals surface area contributed by atoms with Crippen LogP contribution in [0.4, 0.5) is 0 Å². The first-order valence-electron chi connectivity index (χ1n) is 6.56. The summed E-state index contributed by atoms with van der Waals surface area (Å²) in [6.07, 6.45) is 1.90. The van der Waals surface area contributed by atoms with E-state index in [2.05, 4.69) is 15.4 Å². The molecule has 1 aromatic heterocycles. The molecule has 0 spiro atoms. The summed E-state index contributed by atoms with van der Waals surface area (Å²) in [5, 5.41) is 17.4. The topological polar surface area (TPSA) is 72.2 Å². The van der Waals surface area contributed by atoms with E-state index in [0.29, 0.717) is 6.54 Å². The van der Waals surface area contributed by atoms with E-state index < -0.39 is 6.10 Å². The fourth-order valence-corrected chi connectivity index (χ4v) is 1.88. The predicted octanol–water partition coefficient (Wildman–Crippen LogP) is 0.689. The first-order chi connectivity index (χ1) is 9.69. The van der Waals surface area contributed by atoms with Gasteiger partial charge in [-0.1, -0.05) is 12.1 Å². The van der Waals surface area contributed by atoms with Crippen LogP contribution in [0.1, 0.15) is 17.5 Å². The first kappa shape index (κ1) is 14.5. The largest absolute Gasteiger partial charge is 0.497 e. The molecule has 0 bridgehead atoms. The third kappa shape index (κ3) is 4.04. The Morgan fingerprint density at radius 2 is 2.10 bits per heavy atom. The molecule has 20 heavy (non-hydrogen) atoms. The van der Waals surface area contributed by atoms with E-state index in [4.69, 9.17) is 4.74 Å². The van der Waals surface area contributed by atoms with Crippen LogP contribution in [0, 0.1) is 0 Å². The highest BCUT2D eigenvalue weighted by Crippen LogP contribution is 2.16. The molecule has 1 heterocycles. The normalized spacial score (nSPS) is 12.3. The second-order valence-electron chi connectivity index (χ2n) is 4.58. The third-order valence-corrected chi connectivity index (χ3v) is 3.01. The number of nitrogens with one attached hydrogen (secondary N) is 1. The van der Waals surface area contributed by atoms with Crippen molar-refractivity contribution < 1.29 is 9.84 Å². The van der Waals surface area contributed by atoms with Crippen molar-refractivity contribution in [1.29, 1.82) is 0 Å². The van der Waals surface area contributed by atoms with E-state index in [0.717, 1.165) is 30.1 Å². The number of aromatic nitrogens is 3. The molecule has 0 aliphatic rings. The van der Waals surface area contributed by atoms with Crippen LogP contribution < -0.4 is 10.1 Å². The summed E-state index contributed by atoms with van der Waals surface area (Å²) in [7, 11) is 3.47. The summed E-state index contributed by atoms with van der Waals surface area (Å²) in [4.78, 5) is 4.15. The van der Waals surface area contributed by atoms with Crippen LogP contribution in [0.5, 0.6) is 5.75 Å². The second kappa shape index (κ2) is 7.02. The van der Waals surface area contributed by atoms with Crippen molar-refractivity contribution in [3.63, 3.8) is 0 Å². The van der Waals surface area contributed by atoms with Crippen molar-refractivity contribution in [2.45, 2.75) is 12.5 Å². The maximum atomic E-state index is 10.0. The number of hydrogen-bond donors (Lipinski definition) is 2. The van der Waals surface area contributed by atoms with Crippen molar-refractivity contribution in [2.75, 3.05) is 20.2 Å².